The number of pyridine rings is 1. The van der Waals surface area contributed by atoms with Crippen LogP contribution in [0.2, 0.25) is 0 Å². The van der Waals surface area contributed by atoms with Crippen molar-refractivity contribution >= 4 is 30.7 Å². The Morgan fingerprint density at radius 3 is 2.48 bits per heavy atom. The van der Waals surface area contributed by atoms with Gasteiger partial charge in [-0.3, -0.25) is 4.79 Å². The van der Waals surface area contributed by atoms with E-state index in [0.29, 0.717) is 18.2 Å². The number of carbonyl (C=O) groups excluding carboxylic acids is 1. The van der Waals surface area contributed by atoms with Crippen molar-refractivity contribution in [2.45, 2.75) is 44.2 Å². The molecule has 1 saturated carbocycles. The second kappa shape index (κ2) is 10.4. The number of nitrogens with two attached hydrogens (primary N) is 1. The molecule has 5 nitrogen and oxygen atoms in total. The third-order valence-corrected chi connectivity index (χ3v) is 4.49. The summed E-state index contributed by atoms with van der Waals surface area (Å²) in [5.41, 5.74) is 6.34. The number of amides is 1. The fourth-order valence-electron chi connectivity index (χ4n) is 3.01. The number of benzene rings is 1. The van der Waals surface area contributed by atoms with Gasteiger partial charge in [-0.05, 0) is 48.7 Å². The van der Waals surface area contributed by atoms with Crippen molar-refractivity contribution in [1.29, 1.82) is 0 Å². The van der Waals surface area contributed by atoms with E-state index in [1.165, 1.54) is 24.3 Å². The van der Waals surface area contributed by atoms with Gasteiger partial charge >= 0.3 is 0 Å². The van der Waals surface area contributed by atoms with Gasteiger partial charge in [0.2, 0.25) is 11.8 Å². The van der Waals surface area contributed by atoms with E-state index in [9.17, 15) is 9.18 Å². The van der Waals surface area contributed by atoms with Gasteiger partial charge in [0.1, 0.15) is 11.6 Å². The third-order valence-electron chi connectivity index (χ3n) is 4.49. The highest BCUT2D eigenvalue weighted by Crippen LogP contribution is 2.26. The number of nitrogens with zero attached hydrogens (tertiary/aromatic N) is 1. The molecule has 0 spiro atoms. The highest BCUT2D eigenvalue weighted by molar-refractivity contribution is 5.86. The largest absolute Gasteiger partial charge is 0.439 e. The summed E-state index contributed by atoms with van der Waals surface area (Å²) in [7, 11) is 0. The van der Waals surface area contributed by atoms with Crippen LogP contribution in [0.1, 0.15) is 37.7 Å². The Labute approximate surface area is 170 Å². The van der Waals surface area contributed by atoms with Crippen LogP contribution < -0.4 is 15.8 Å². The molecule has 0 radical (unpaired) electrons. The Hall–Kier alpha value is -1.89. The Balaban J connectivity index is 0.00000182. The minimum Gasteiger partial charge on any atom is -0.439 e. The Morgan fingerprint density at radius 2 is 1.81 bits per heavy atom. The van der Waals surface area contributed by atoms with E-state index < -0.39 is 5.54 Å². The third kappa shape index (κ3) is 6.34. The smallest absolute Gasteiger partial charge is 0.240 e. The topological polar surface area (TPSA) is 77.2 Å². The lowest BCUT2D eigenvalue weighted by Crippen LogP contribution is -2.54. The van der Waals surface area contributed by atoms with Crippen LogP contribution in [0.3, 0.4) is 0 Å². The van der Waals surface area contributed by atoms with Crippen LogP contribution >= 0.6 is 24.8 Å². The number of nitrogens with one attached hydrogen (secondary N) is 1. The summed E-state index contributed by atoms with van der Waals surface area (Å²) < 4.78 is 18.5. The average molecular weight is 416 g/mol. The van der Waals surface area contributed by atoms with Crippen molar-refractivity contribution in [3.05, 3.63) is 54.0 Å². The molecular weight excluding hydrogens is 392 g/mol. The summed E-state index contributed by atoms with van der Waals surface area (Å²) in [6.45, 7) is 0.361. The van der Waals surface area contributed by atoms with E-state index in [1.807, 2.05) is 6.07 Å². The molecule has 1 amide bonds. The second-order valence-electron chi connectivity index (χ2n) is 6.46. The maximum Gasteiger partial charge on any atom is 0.240 e. The fourth-order valence-corrected chi connectivity index (χ4v) is 3.01. The molecule has 1 aliphatic carbocycles. The molecule has 1 heterocycles. The number of aromatic nitrogens is 1. The standard InChI is InChI=1S/C19H22FN3O2.2ClH/c20-15-4-6-16(7-5-15)25-17-12-14(8-11-22-17)13-23-18(24)19(21)9-2-1-3-10-19;;/h4-8,11-12H,1-3,9-10,13,21H2,(H,23,24);2*1H. The van der Waals surface area contributed by atoms with Crippen LogP contribution in [0.4, 0.5) is 4.39 Å². The highest BCUT2D eigenvalue weighted by Gasteiger charge is 2.34. The maximum absolute atomic E-state index is 12.9. The molecule has 1 aromatic heterocycles. The molecule has 1 aromatic carbocycles. The van der Waals surface area contributed by atoms with E-state index in [2.05, 4.69) is 10.3 Å². The zero-order valence-electron chi connectivity index (χ0n) is 14.8. The van der Waals surface area contributed by atoms with Gasteiger partial charge in [-0.1, -0.05) is 19.3 Å². The lowest BCUT2D eigenvalue weighted by molar-refractivity contribution is -0.127. The number of ether oxygens (including phenoxy) is 1. The first-order valence-corrected chi connectivity index (χ1v) is 8.51. The Bertz CT molecular complexity index is 738. The molecule has 0 atom stereocenters. The number of hydrogen-bond donors (Lipinski definition) is 2. The highest BCUT2D eigenvalue weighted by atomic mass is 35.5. The molecule has 3 N–H and O–H groups in total. The number of rotatable bonds is 5. The molecular formula is C19H24Cl2FN3O2. The first kappa shape index (κ1) is 23.1. The Kier molecular flexibility index (Phi) is 8.96. The SMILES string of the molecule is Cl.Cl.NC1(C(=O)NCc2ccnc(Oc3ccc(F)cc3)c2)CCCCC1. The van der Waals surface area contributed by atoms with Crippen LogP contribution in [-0.2, 0) is 11.3 Å². The molecule has 27 heavy (non-hydrogen) atoms. The Morgan fingerprint density at radius 1 is 1.15 bits per heavy atom. The summed E-state index contributed by atoms with van der Waals surface area (Å²) in [5, 5.41) is 2.91. The summed E-state index contributed by atoms with van der Waals surface area (Å²) in [4.78, 5) is 16.5. The summed E-state index contributed by atoms with van der Waals surface area (Å²) in [6.07, 6.45) is 6.20. The van der Waals surface area contributed by atoms with Crippen LogP contribution in [0.15, 0.2) is 42.6 Å². The fraction of sp³-hybridized carbons (Fsp3) is 0.368. The van der Waals surface area contributed by atoms with Crippen LogP contribution in [0.25, 0.3) is 0 Å². The van der Waals surface area contributed by atoms with Crippen molar-refractivity contribution in [3.8, 4) is 11.6 Å². The number of carbonyl (C=O) groups is 1. The molecule has 0 aliphatic heterocycles. The minimum absolute atomic E-state index is 0. The summed E-state index contributed by atoms with van der Waals surface area (Å²) in [5.74, 6) is 0.455. The molecule has 1 aliphatic rings. The average Bonchev–Trinajstić information content (AvgIpc) is 2.62. The zero-order valence-corrected chi connectivity index (χ0v) is 16.5. The second-order valence-corrected chi connectivity index (χ2v) is 6.46. The molecule has 0 unspecified atom stereocenters. The molecule has 2 aromatic rings. The van der Waals surface area contributed by atoms with Gasteiger partial charge in [0, 0.05) is 18.8 Å². The van der Waals surface area contributed by atoms with Gasteiger partial charge in [-0.25, -0.2) is 9.37 Å². The maximum atomic E-state index is 12.9. The van der Waals surface area contributed by atoms with Gasteiger partial charge in [0.25, 0.3) is 0 Å². The predicted molar refractivity (Wildman–Crippen MR) is 107 cm³/mol. The van der Waals surface area contributed by atoms with Gasteiger partial charge in [-0.15, -0.1) is 24.8 Å². The summed E-state index contributed by atoms with van der Waals surface area (Å²) >= 11 is 0. The van der Waals surface area contributed by atoms with Crippen LogP contribution in [-0.4, -0.2) is 16.4 Å². The van der Waals surface area contributed by atoms with Crippen LogP contribution in [0, 0.1) is 5.82 Å². The zero-order chi connectivity index (χ0) is 17.7. The van der Waals surface area contributed by atoms with Gasteiger partial charge in [0.05, 0.1) is 5.54 Å². The first-order valence-electron chi connectivity index (χ1n) is 8.51. The molecule has 3 rings (SSSR count). The van der Waals surface area contributed by atoms with Crippen molar-refractivity contribution in [2.75, 3.05) is 0 Å². The normalized spacial score (nSPS) is 15.0. The minimum atomic E-state index is -0.751. The number of hydrogen-bond acceptors (Lipinski definition) is 4. The van der Waals surface area contributed by atoms with Crippen molar-refractivity contribution < 1.29 is 13.9 Å². The molecule has 0 bridgehead atoms. The van der Waals surface area contributed by atoms with Gasteiger partial charge in [-0.2, -0.15) is 0 Å². The molecule has 1 fully saturated rings. The van der Waals surface area contributed by atoms with Crippen molar-refractivity contribution in [2.24, 2.45) is 5.73 Å². The summed E-state index contributed by atoms with van der Waals surface area (Å²) in [6, 6.07) is 9.27. The van der Waals surface area contributed by atoms with E-state index in [-0.39, 0.29) is 36.5 Å². The molecule has 8 heteroatoms. The molecule has 0 saturated heterocycles. The number of halogens is 3. The van der Waals surface area contributed by atoms with Crippen molar-refractivity contribution in [1.82, 2.24) is 10.3 Å². The van der Waals surface area contributed by atoms with E-state index in [4.69, 9.17) is 10.5 Å². The first-order chi connectivity index (χ1) is 12.0. The lowest BCUT2D eigenvalue weighted by Gasteiger charge is -2.31. The predicted octanol–water partition coefficient (Wildman–Crippen LogP) is 4.13. The van der Waals surface area contributed by atoms with E-state index in [1.54, 1.807) is 12.3 Å². The van der Waals surface area contributed by atoms with Crippen LogP contribution in [0.5, 0.6) is 11.6 Å². The molecule has 148 valence electrons. The van der Waals surface area contributed by atoms with E-state index in [0.717, 1.165) is 37.7 Å². The van der Waals surface area contributed by atoms with Gasteiger partial charge in [0.15, 0.2) is 0 Å². The van der Waals surface area contributed by atoms with E-state index >= 15 is 0 Å². The van der Waals surface area contributed by atoms with Crippen molar-refractivity contribution in [3.63, 3.8) is 0 Å². The monoisotopic (exact) mass is 415 g/mol. The van der Waals surface area contributed by atoms with Gasteiger partial charge < -0.3 is 15.8 Å². The lowest BCUT2D eigenvalue weighted by atomic mass is 9.82. The quantitative estimate of drug-likeness (QED) is 0.768.